The molecule has 1 aliphatic rings. The Hall–Kier alpha value is -2.86. The number of anilines is 1. The fourth-order valence-electron chi connectivity index (χ4n) is 3.86. The number of benzene rings is 2. The summed E-state index contributed by atoms with van der Waals surface area (Å²) in [6, 6.07) is 13.5. The maximum atomic E-state index is 12.1. The van der Waals surface area contributed by atoms with Crippen LogP contribution in [-0.2, 0) is 0 Å². The first-order chi connectivity index (χ1) is 14.2. The van der Waals surface area contributed by atoms with E-state index in [9.17, 15) is 4.79 Å². The summed E-state index contributed by atoms with van der Waals surface area (Å²) in [7, 11) is 0. The van der Waals surface area contributed by atoms with Crippen LogP contribution in [0.25, 0.3) is 22.0 Å². The predicted octanol–water partition coefficient (Wildman–Crippen LogP) is 4.20. The Balaban J connectivity index is 1.85. The van der Waals surface area contributed by atoms with Crippen LogP contribution in [0.4, 0.5) is 11.4 Å². The molecule has 150 valence electrons. The van der Waals surface area contributed by atoms with Gasteiger partial charge in [0.2, 0.25) is 0 Å². The topological polar surface area (TPSA) is 87.4 Å². The normalized spacial score (nSPS) is 15.5. The second kappa shape index (κ2) is 8.66. The number of aromatic amines is 1. The van der Waals surface area contributed by atoms with Gasteiger partial charge in [-0.1, -0.05) is 37.1 Å². The number of aromatic nitrogens is 2. The molecule has 3 aromatic rings. The van der Waals surface area contributed by atoms with E-state index in [4.69, 9.17) is 17.3 Å². The highest BCUT2D eigenvalue weighted by Gasteiger charge is 2.16. The molecule has 1 saturated heterocycles. The molecule has 0 saturated carbocycles. The molecule has 0 bridgehead atoms. The van der Waals surface area contributed by atoms with Crippen LogP contribution < -0.4 is 16.2 Å². The van der Waals surface area contributed by atoms with Gasteiger partial charge in [-0.25, -0.2) is 10.1 Å². The molecule has 0 spiro atoms. The molecule has 0 unspecified atom stereocenters. The summed E-state index contributed by atoms with van der Waals surface area (Å²) in [6.45, 7) is 2.00. The van der Waals surface area contributed by atoms with Crippen molar-refractivity contribution in [2.75, 3.05) is 23.9 Å². The van der Waals surface area contributed by atoms with Gasteiger partial charge < -0.3 is 10.6 Å². The molecule has 0 atom stereocenters. The van der Waals surface area contributed by atoms with E-state index < -0.39 is 0 Å². The number of fused-ring (bicyclic) bond motifs is 1. The molecule has 1 fully saturated rings. The van der Waals surface area contributed by atoms with Crippen molar-refractivity contribution in [3.05, 3.63) is 52.8 Å². The molecule has 2 heterocycles. The average Bonchev–Trinajstić information content (AvgIpc) is 3.03. The Morgan fingerprint density at radius 3 is 2.55 bits per heavy atom. The molecule has 29 heavy (non-hydrogen) atoms. The molecular formula is C22H24ClN5O. The minimum absolute atomic E-state index is 0.170. The van der Waals surface area contributed by atoms with Gasteiger partial charge in [-0.3, -0.25) is 4.79 Å². The average molecular weight is 410 g/mol. The van der Waals surface area contributed by atoms with Crippen molar-refractivity contribution in [2.45, 2.75) is 25.7 Å². The van der Waals surface area contributed by atoms with E-state index >= 15 is 0 Å². The maximum Gasteiger partial charge on any atom is 0.272 e. The minimum Gasteiger partial charge on any atom is -0.386 e. The summed E-state index contributed by atoms with van der Waals surface area (Å²) in [5.41, 5.74) is 9.19. The van der Waals surface area contributed by atoms with Crippen LogP contribution in [0.2, 0.25) is 0 Å². The first kappa shape index (κ1) is 19.5. The molecule has 0 radical (unpaired) electrons. The predicted molar refractivity (Wildman–Crippen MR) is 120 cm³/mol. The highest BCUT2D eigenvalue weighted by atomic mass is 35.5. The second-order valence-electron chi connectivity index (χ2n) is 7.29. The number of hydrogen-bond acceptors (Lipinski definition) is 4. The summed E-state index contributed by atoms with van der Waals surface area (Å²) >= 11 is 5.90. The van der Waals surface area contributed by atoms with Crippen LogP contribution in [0, 0.1) is 0 Å². The molecular weight excluding hydrogens is 386 g/mol. The third-order valence-electron chi connectivity index (χ3n) is 5.29. The number of halogens is 1. The molecule has 6 nitrogen and oxygen atoms in total. The molecule has 0 aliphatic carbocycles. The Labute approximate surface area is 174 Å². The fraction of sp³-hybridized carbons (Fsp3) is 0.318. The largest absolute Gasteiger partial charge is 0.386 e. The Bertz CT molecular complexity index is 1100. The van der Waals surface area contributed by atoms with Crippen LogP contribution in [0.15, 0.2) is 52.3 Å². The lowest BCUT2D eigenvalue weighted by Crippen LogP contribution is -2.24. The van der Waals surface area contributed by atoms with E-state index in [0.717, 1.165) is 35.4 Å². The zero-order chi connectivity index (χ0) is 20.2. The van der Waals surface area contributed by atoms with Crippen molar-refractivity contribution in [1.82, 2.24) is 10.2 Å². The number of alkyl halides is 1. The number of amidine groups is 1. The molecule has 3 N–H and O–H groups in total. The number of nitrogens with one attached hydrogen (secondary N) is 1. The Kier molecular flexibility index (Phi) is 5.81. The SMILES string of the molecule is NC(CCl)=Nc1cc(-c2n[nH]c(=O)c3ccccc23)ccc1N1CCCCCC1. The highest BCUT2D eigenvalue weighted by molar-refractivity contribution is 6.28. The van der Waals surface area contributed by atoms with E-state index in [1.54, 1.807) is 6.07 Å². The fourth-order valence-corrected chi connectivity index (χ4v) is 3.92. The Morgan fingerprint density at radius 2 is 1.83 bits per heavy atom. The van der Waals surface area contributed by atoms with Gasteiger partial charge in [0.05, 0.1) is 28.3 Å². The molecule has 1 aliphatic heterocycles. The Morgan fingerprint density at radius 1 is 1.10 bits per heavy atom. The first-order valence-corrected chi connectivity index (χ1v) is 10.5. The lowest BCUT2D eigenvalue weighted by Gasteiger charge is -2.24. The molecule has 2 aromatic carbocycles. The van der Waals surface area contributed by atoms with E-state index in [2.05, 4.69) is 26.2 Å². The van der Waals surface area contributed by atoms with Gasteiger partial charge >= 0.3 is 0 Å². The van der Waals surface area contributed by atoms with Gasteiger partial charge in [0.25, 0.3) is 5.56 Å². The number of rotatable bonds is 4. The van der Waals surface area contributed by atoms with E-state index in [0.29, 0.717) is 16.9 Å². The van der Waals surface area contributed by atoms with Crippen LogP contribution in [0.5, 0.6) is 0 Å². The number of aliphatic imine (C=N–C) groups is 1. The van der Waals surface area contributed by atoms with Gasteiger partial charge in [0.15, 0.2) is 0 Å². The van der Waals surface area contributed by atoms with Gasteiger partial charge in [0.1, 0.15) is 5.84 Å². The summed E-state index contributed by atoms with van der Waals surface area (Å²) in [6.07, 6.45) is 4.85. The standard InChI is InChI=1S/C22H24ClN5O/c23-14-20(24)25-18-13-15(9-10-19(18)28-11-5-1-2-6-12-28)21-16-7-3-4-8-17(16)22(29)27-26-21/h3-4,7-10,13H,1-2,5-6,11-12,14H2,(H2,24,25)(H,27,29). The monoisotopic (exact) mass is 409 g/mol. The molecule has 7 heteroatoms. The van der Waals surface area contributed by atoms with Crippen molar-refractivity contribution in [2.24, 2.45) is 10.7 Å². The number of hydrogen-bond donors (Lipinski definition) is 2. The number of nitrogens with zero attached hydrogens (tertiary/aromatic N) is 3. The van der Waals surface area contributed by atoms with E-state index in [-0.39, 0.29) is 11.4 Å². The smallest absolute Gasteiger partial charge is 0.272 e. The zero-order valence-electron chi connectivity index (χ0n) is 16.2. The van der Waals surface area contributed by atoms with Crippen LogP contribution in [-0.4, -0.2) is 35.0 Å². The molecule has 1 aromatic heterocycles. The highest BCUT2D eigenvalue weighted by Crippen LogP contribution is 2.35. The third kappa shape index (κ3) is 4.12. The summed E-state index contributed by atoms with van der Waals surface area (Å²) in [4.78, 5) is 19.1. The third-order valence-corrected chi connectivity index (χ3v) is 5.57. The lowest BCUT2D eigenvalue weighted by molar-refractivity contribution is 0.726. The van der Waals surface area contributed by atoms with Crippen molar-refractivity contribution >= 4 is 39.6 Å². The molecule has 0 amide bonds. The van der Waals surface area contributed by atoms with Crippen LogP contribution >= 0.6 is 11.6 Å². The summed E-state index contributed by atoms with van der Waals surface area (Å²) in [5.74, 6) is 0.544. The molecule has 4 rings (SSSR count). The van der Waals surface area contributed by atoms with Crippen molar-refractivity contribution in [3.63, 3.8) is 0 Å². The van der Waals surface area contributed by atoms with E-state index in [1.807, 2.05) is 30.3 Å². The second-order valence-corrected chi connectivity index (χ2v) is 7.56. The minimum atomic E-state index is -0.199. The maximum absolute atomic E-state index is 12.1. The van der Waals surface area contributed by atoms with Crippen molar-refractivity contribution in [3.8, 4) is 11.3 Å². The van der Waals surface area contributed by atoms with Crippen LogP contribution in [0.1, 0.15) is 25.7 Å². The quantitative estimate of drug-likeness (QED) is 0.384. The van der Waals surface area contributed by atoms with Gasteiger partial charge in [-0.15, -0.1) is 11.6 Å². The lowest BCUT2D eigenvalue weighted by atomic mass is 10.0. The van der Waals surface area contributed by atoms with E-state index in [1.165, 1.54) is 25.7 Å². The van der Waals surface area contributed by atoms with Gasteiger partial charge in [0, 0.05) is 24.0 Å². The zero-order valence-corrected chi connectivity index (χ0v) is 17.0. The first-order valence-electron chi connectivity index (χ1n) is 9.93. The van der Waals surface area contributed by atoms with Crippen molar-refractivity contribution < 1.29 is 0 Å². The van der Waals surface area contributed by atoms with Crippen molar-refractivity contribution in [1.29, 1.82) is 0 Å². The number of H-pyrrole nitrogens is 1. The number of nitrogens with two attached hydrogens (primary N) is 1. The van der Waals surface area contributed by atoms with Gasteiger partial charge in [-0.05, 0) is 31.0 Å². The van der Waals surface area contributed by atoms with Crippen LogP contribution in [0.3, 0.4) is 0 Å². The van der Waals surface area contributed by atoms with Gasteiger partial charge in [-0.2, -0.15) is 5.10 Å². The summed E-state index contributed by atoms with van der Waals surface area (Å²) < 4.78 is 0. The summed E-state index contributed by atoms with van der Waals surface area (Å²) in [5, 5.41) is 8.33.